The number of aromatic nitrogens is 12. The number of amides is 6. The number of anilines is 3. The number of tetrazole rings is 1. The average molecular weight is 1190 g/mol. The average Bonchev–Trinajstić information content (AvgIpc) is 4.00. The molecule has 6 aromatic rings. The molecule has 0 aliphatic carbocycles. The smallest absolute Gasteiger partial charge is 0.336 e. The van der Waals surface area contributed by atoms with E-state index in [1.807, 2.05) is 10.0 Å². The summed E-state index contributed by atoms with van der Waals surface area (Å²) in [6.07, 6.45) is 1.92. The number of aryl methyl sites for hydroxylation is 2. The highest BCUT2D eigenvalue weighted by atomic mass is 32.3. The van der Waals surface area contributed by atoms with Gasteiger partial charge in [-0.25, -0.2) is 50.2 Å². The molecule has 7 N–H and O–H groups in total. The Labute approximate surface area is 447 Å². The molecule has 38 nitrogen and oxygen atoms in total. The Morgan fingerprint density at radius 1 is 0.620 bits per heavy atom. The van der Waals surface area contributed by atoms with Crippen LogP contribution < -0.4 is 58.5 Å². The number of carboxylic acid groups (broad SMARTS) is 1. The standard InChI is InChI=1S/C15H16N4O7S.C13H16N10O5S.C9H15N5O7S2/c1-25-11-7-12(26-2)17-14(16-11)18-15(22)19-27(23,24)8-9-5-3-4-6-10(9)13(20)21;1-22-11(7(6-14-22)10-18-21-23(2)19-10)29(25,26)20-13(24)17-12-15-8(27-3)5-9(16-12)28-4;1-14(22(4,16)17)23(18,19)13-9(15)12-8-10-6(20-2)5-7(11-8)21-3/h3-7H,8H2,1-2H3,(H,20,21)(H2,16,17,18,19,22);5-6H,1-4H3,(H2,15,16,17,20,24);5H,1-4H3,(H2,10,11,12,13,15). The number of nitrogens with zero attached hydrogens (tertiary/aromatic N) is 13. The zero-order valence-electron chi connectivity index (χ0n) is 42.6. The van der Waals surface area contributed by atoms with E-state index in [4.69, 9.17) is 33.5 Å². The maximum atomic E-state index is 12.8. The molecule has 6 amide bonds. The van der Waals surface area contributed by atoms with E-state index in [1.165, 1.54) is 110 Å². The topological polar surface area (TPSA) is 495 Å². The number of sulfonamides is 3. The lowest BCUT2D eigenvalue weighted by Crippen LogP contribution is -2.45. The van der Waals surface area contributed by atoms with Crippen LogP contribution in [0.1, 0.15) is 15.9 Å². The van der Waals surface area contributed by atoms with Crippen LogP contribution in [-0.2, 0) is 60.1 Å². The lowest BCUT2D eigenvalue weighted by Gasteiger charge is -2.15. The van der Waals surface area contributed by atoms with Crippen LogP contribution in [0, 0.1) is 0 Å². The van der Waals surface area contributed by atoms with Crippen molar-refractivity contribution in [2.24, 2.45) is 14.1 Å². The Morgan fingerprint density at radius 3 is 1.41 bits per heavy atom. The molecule has 428 valence electrons. The number of hydrogen-bond acceptors (Lipinski definition) is 28. The molecule has 5 aromatic heterocycles. The van der Waals surface area contributed by atoms with Gasteiger partial charge in [-0.3, -0.25) is 20.6 Å². The van der Waals surface area contributed by atoms with Crippen LogP contribution in [0.3, 0.4) is 0 Å². The van der Waals surface area contributed by atoms with Crippen LogP contribution in [0.5, 0.6) is 35.3 Å². The SMILES string of the molecule is COc1cc(OC)nc(NC(=O)NS(=O)(=O)Cc2ccccc2C(=O)O)n1.COc1cc(OC)nc(NC(=O)NS(=O)(=O)N(C)S(C)(=O)=O)n1.COc1cc(OC)nc(NC(=O)NS(=O)(=O)c2c(-c3nnn(C)n3)cnn2C)n1. The number of urea groups is 3. The van der Waals surface area contributed by atoms with Crippen molar-refractivity contribution in [3.8, 4) is 46.7 Å². The Hall–Kier alpha value is -9.42. The number of rotatable bonds is 19. The molecule has 0 atom stereocenters. The fourth-order valence-corrected chi connectivity index (χ4v) is 9.68. The number of carboxylic acids is 1. The van der Waals surface area contributed by atoms with Crippen LogP contribution in [0.25, 0.3) is 11.4 Å². The van der Waals surface area contributed by atoms with Crippen molar-refractivity contribution < 1.29 is 86.4 Å². The van der Waals surface area contributed by atoms with Crippen molar-refractivity contribution >= 4 is 82.2 Å². The van der Waals surface area contributed by atoms with Gasteiger partial charge in [0, 0.05) is 14.1 Å². The van der Waals surface area contributed by atoms with E-state index in [1.54, 1.807) is 4.72 Å². The van der Waals surface area contributed by atoms with Crippen LogP contribution >= 0.6 is 0 Å². The second-order valence-corrected chi connectivity index (χ2v) is 21.7. The van der Waals surface area contributed by atoms with E-state index in [9.17, 15) is 52.8 Å². The number of methoxy groups -OCH3 is 6. The third-order valence-electron chi connectivity index (χ3n) is 8.95. The molecule has 6 rings (SSSR count). The summed E-state index contributed by atoms with van der Waals surface area (Å²) in [6, 6.07) is 6.14. The molecular weight excluding hydrogens is 1140 g/mol. The molecule has 0 spiro atoms. The second-order valence-electron chi connectivity index (χ2n) is 14.5. The number of carbonyl (C=O) groups excluding carboxylic acids is 3. The number of carbonyl (C=O) groups is 4. The first kappa shape index (κ1) is 62.1. The molecule has 42 heteroatoms. The molecule has 5 heterocycles. The molecule has 0 saturated heterocycles. The van der Waals surface area contributed by atoms with E-state index in [-0.39, 0.29) is 84.4 Å². The first-order chi connectivity index (χ1) is 37.0. The van der Waals surface area contributed by atoms with Crippen LogP contribution in [0.2, 0.25) is 0 Å². The van der Waals surface area contributed by atoms with Gasteiger partial charge in [-0.1, -0.05) is 21.9 Å². The predicted octanol–water partition coefficient (Wildman–Crippen LogP) is -1.48. The highest BCUT2D eigenvalue weighted by molar-refractivity contribution is 8.03. The van der Waals surface area contributed by atoms with Gasteiger partial charge in [-0.05, 0) is 16.8 Å². The van der Waals surface area contributed by atoms with Gasteiger partial charge in [0.1, 0.15) is 0 Å². The van der Waals surface area contributed by atoms with Crippen LogP contribution in [-0.4, -0.2) is 182 Å². The van der Waals surface area contributed by atoms with E-state index >= 15 is 0 Å². The molecule has 79 heavy (non-hydrogen) atoms. The Bertz CT molecular complexity index is 3590. The summed E-state index contributed by atoms with van der Waals surface area (Å²) in [5, 5.41) is 30.4. The number of hydrogen-bond donors (Lipinski definition) is 7. The van der Waals surface area contributed by atoms with Gasteiger partial charge in [0.05, 0.1) is 97.2 Å². The maximum Gasteiger partial charge on any atom is 0.336 e. The van der Waals surface area contributed by atoms with Gasteiger partial charge in [-0.15, -0.1) is 10.2 Å². The summed E-state index contributed by atoms with van der Waals surface area (Å²) < 4.78 is 131. The van der Waals surface area contributed by atoms with Crippen molar-refractivity contribution in [3.63, 3.8) is 0 Å². The van der Waals surface area contributed by atoms with Crippen LogP contribution in [0.15, 0.2) is 53.7 Å². The lowest BCUT2D eigenvalue weighted by molar-refractivity contribution is 0.0695. The third kappa shape index (κ3) is 18.1. The summed E-state index contributed by atoms with van der Waals surface area (Å²) >= 11 is 0. The second kappa shape index (κ2) is 26.6. The Morgan fingerprint density at radius 2 is 1.03 bits per heavy atom. The summed E-state index contributed by atoms with van der Waals surface area (Å²) in [7, 11) is -5.49. The summed E-state index contributed by atoms with van der Waals surface area (Å²) in [5.74, 6) is -2.21. The minimum atomic E-state index is -4.60. The number of nitrogens with one attached hydrogen (secondary N) is 6. The molecule has 1 aromatic carbocycles. The Kier molecular flexibility index (Phi) is 20.9. The van der Waals surface area contributed by atoms with E-state index in [0.717, 1.165) is 16.5 Å². The van der Waals surface area contributed by atoms with Gasteiger partial charge >= 0.3 is 34.3 Å². The molecular formula is C37H47N19O19S4. The minimum absolute atomic E-state index is 0.00654. The monoisotopic (exact) mass is 1190 g/mol. The number of benzene rings is 1. The predicted molar refractivity (Wildman–Crippen MR) is 268 cm³/mol. The van der Waals surface area contributed by atoms with Crippen molar-refractivity contribution in [3.05, 3.63) is 59.8 Å². The van der Waals surface area contributed by atoms with Crippen molar-refractivity contribution in [2.75, 3.05) is 71.9 Å². The zero-order chi connectivity index (χ0) is 59.0. The first-order valence-electron chi connectivity index (χ1n) is 20.9. The highest BCUT2D eigenvalue weighted by Gasteiger charge is 2.30. The maximum absolute atomic E-state index is 12.8. The van der Waals surface area contributed by atoms with Gasteiger partial charge in [-0.2, -0.15) is 56.6 Å². The normalized spacial score (nSPS) is 11.2. The van der Waals surface area contributed by atoms with Gasteiger partial charge < -0.3 is 33.5 Å². The lowest BCUT2D eigenvalue weighted by atomic mass is 10.1. The van der Waals surface area contributed by atoms with E-state index in [0.29, 0.717) is 6.26 Å². The largest absolute Gasteiger partial charge is 0.481 e. The molecule has 0 saturated carbocycles. The summed E-state index contributed by atoms with van der Waals surface area (Å²) in [5.41, 5.74) is -0.0750. The zero-order valence-corrected chi connectivity index (χ0v) is 45.8. The summed E-state index contributed by atoms with van der Waals surface area (Å²) in [6.45, 7) is 0. The van der Waals surface area contributed by atoms with Crippen molar-refractivity contribution in [1.29, 1.82) is 0 Å². The Balaban J connectivity index is 0.000000257. The molecule has 0 aliphatic rings. The first-order valence-corrected chi connectivity index (χ1v) is 27.3. The minimum Gasteiger partial charge on any atom is -0.481 e. The van der Waals surface area contributed by atoms with E-state index in [2.05, 4.69) is 61.0 Å². The highest BCUT2D eigenvalue weighted by Crippen LogP contribution is 2.24. The van der Waals surface area contributed by atoms with Crippen LogP contribution in [0.4, 0.5) is 32.2 Å². The van der Waals surface area contributed by atoms with Crippen molar-refractivity contribution in [2.45, 2.75) is 10.8 Å². The quantitative estimate of drug-likeness (QED) is 0.0486. The molecule has 0 aliphatic heterocycles. The number of ether oxygens (including phenoxy) is 6. The number of aromatic carboxylic acids is 1. The third-order valence-corrected chi connectivity index (χ3v) is 15.0. The van der Waals surface area contributed by atoms with E-state index < -0.39 is 70.1 Å². The molecule has 0 radical (unpaired) electrons. The molecule has 0 unspecified atom stereocenters. The van der Waals surface area contributed by atoms with Gasteiger partial charge in [0.15, 0.2) is 5.03 Å². The fourth-order valence-electron chi connectivity index (χ4n) is 5.45. The fraction of sp³-hybridized carbons (Fsp3) is 0.297. The summed E-state index contributed by atoms with van der Waals surface area (Å²) in [4.78, 5) is 71.1. The van der Waals surface area contributed by atoms with Gasteiger partial charge in [0.25, 0.3) is 10.0 Å². The van der Waals surface area contributed by atoms with Crippen molar-refractivity contribution in [1.82, 2.24) is 77.8 Å². The van der Waals surface area contributed by atoms with Gasteiger partial charge in [0.2, 0.25) is 79.0 Å². The molecule has 0 bridgehead atoms. The molecule has 0 fully saturated rings.